The van der Waals surface area contributed by atoms with Crippen molar-refractivity contribution < 1.29 is 18.0 Å². The van der Waals surface area contributed by atoms with Gasteiger partial charge in [-0.05, 0) is 48.6 Å². The first-order valence-electron chi connectivity index (χ1n) is 11.1. The molecule has 33 heavy (non-hydrogen) atoms. The summed E-state index contributed by atoms with van der Waals surface area (Å²) in [6.45, 7) is 5.17. The lowest BCUT2D eigenvalue weighted by Gasteiger charge is -2.30. The number of carbonyl (C=O) groups excluding carboxylic acids is 2. The Kier molecular flexibility index (Phi) is 8.67. The van der Waals surface area contributed by atoms with Crippen molar-refractivity contribution in [3.05, 3.63) is 64.1 Å². The molecule has 0 atom stereocenters. The Labute approximate surface area is 204 Å². The molecular formula is C24H30BrN3O4S. The first-order chi connectivity index (χ1) is 15.7. The van der Waals surface area contributed by atoms with Crippen LogP contribution in [0.3, 0.4) is 0 Å². The van der Waals surface area contributed by atoms with E-state index in [1.807, 2.05) is 26.0 Å². The van der Waals surface area contributed by atoms with Gasteiger partial charge in [0, 0.05) is 30.0 Å². The van der Waals surface area contributed by atoms with Gasteiger partial charge in [0.15, 0.2) is 0 Å². The Morgan fingerprint density at radius 1 is 1.09 bits per heavy atom. The highest BCUT2D eigenvalue weighted by atomic mass is 79.9. The number of nitrogens with zero attached hydrogens (tertiary/aromatic N) is 1. The van der Waals surface area contributed by atoms with Crippen molar-refractivity contribution in [1.29, 1.82) is 0 Å². The lowest BCUT2D eigenvalue weighted by molar-refractivity contribution is -0.120. The Bertz CT molecular complexity index is 1100. The first kappa shape index (κ1) is 25.4. The minimum atomic E-state index is -3.46. The Hall–Kier alpha value is -2.23. The summed E-state index contributed by atoms with van der Waals surface area (Å²) in [4.78, 5) is 25.4. The summed E-state index contributed by atoms with van der Waals surface area (Å²) in [6.07, 6.45) is 0.872. The second-order valence-corrected chi connectivity index (χ2v) is 11.6. The molecule has 0 saturated carbocycles. The van der Waals surface area contributed by atoms with Gasteiger partial charge in [0.05, 0.1) is 17.0 Å². The van der Waals surface area contributed by atoms with Crippen LogP contribution in [0.2, 0.25) is 0 Å². The number of halogens is 1. The number of rotatable bonds is 8. The second kappa shape index (κ2) is 11.3. The van der Waals surface area contributed by atoms with Crippen molar-refractivity contribution >= 4 is 43.5 Å². The lowest BCUT2D eigenvalue weighted by atomic mass is 9.97. The molecule has 178 valence electrons. The van der Waals surface area contributed by atoms with Crippen LogP contribution in [0.1, 0.15) is 42.6 Å². The summed E-state index contributed by atoms with van der Waals surface area (Å²) in [7, 11) is -3.46. The zero-order chi connectivity index (χ0) is 24.0. The molecule has 1 heterocycles. The average Bonchev–Trinajstić information content (AvgIpc) is 2.77. The third-order valence-corrected chi connectivity index (χ3v) is 7.90. The Balaban J connectivity index is 1.58. The number of sulfonamides is 1. The van der Waals surface area contributed by atoms with Crippen LogP contribution in [0.15, 0.2) is 53.0 Å². The van der Waals surface area contributed by atoms with E-state index in [1.165, 1.54) is 4.31 Å². The van der Waals surface area contributed by atoms with Crippen molar-refractivity contribution in [2.24, 2.45) is 11.8 Å². The van der Waals surface area contributed by atoms with Crippen LogP contribution in [0.4, 0.5) is 5.69 Å². The standard InChI is InChI=1S/C24H30BrN3O4S/c1-17(2)15-26-24(30)21-8-3-4-9-22(21)27-23(29)19-10-12-28(13-11-19)33(31,32)16-18-6-5-7-20(25)14-18/h3-9,14,17,19H,10-13,15-16H2,1-2H3,(H,26,30)(H,27,29). The molecule has 1 fully saturated rings. The van der Waals surface area contributed by atoms with Gasteiger partial charge in [-0.3, -0.25) is 9.59 Å². The van der Waals surface area contributed by atoms with Crippen molar-refractivity contribution in [3.8, 4) is 0 Å². The Morgan fingerprint density at radius 2 is 1.79 bits per heavy atom. The van der Waals surface area contributed by atoms with Gasteiger partial charge in [-0.1, -0.05) is 54.0 Å². The van der Waals surface area contributed by atoms with E-state index in [0.717, 1.165) is 10.0 Å². The molecule has 1 aliphatic heterocycles. The monoisotopic (exact) mass is 535 g/mol. The lowest BCUT2D eigenvalue weighted by Crippen LogP contribution is -2.42. The van der Waals surface area contributed by atoms with Gasteiger partial charge in [-0.2, -0.15) is 0 Å². The molecule has 2 aromatic carbocycles. The zero-order valence-electron chi connectivity index (χ0n) is 18.9. The molecular weight excluding hydrogens is 506 g/mol. The molecule has 0 aromatic heterocycles. The van der Waals surface area contributed by atoms with Crippen molar-refractivity contribution in [1.82, 2.24) is 9.62 Å². The summed E-state index contributed by atoms with van der Waals surface area (Å²) in [5.74, 6) is -0.479. The third kappa shape index (κ3) is 7.12. The quantitative estimate of drug-likeness (QED) is 0.533. The largest absolute Gasteiger partial charge is 0.352 e. The molecule has 7 nitrogen and oxygen atoms in total. The van der Waals surface area contributed by atoms with Crippen LogP contribution >= 0.6 is 15.9 Å². The molecule has 2 aromatic rings. The smallest absolute Gasteiger partial charge is 0.253 e. The van der Waals surface area contributed by atoms with Crippen molar-refractivity contribution in [2.45, 2.75) is 32.4 Å². The van der Waals surface area contributed by atoms with E-state index >= 15 is 0 Å². The second-order valence-electron chi connectivity index (χ2n) is 8.70. The van der Waals surface area contributed by atoms with E-state index in [0.29, 0.717) is 49.6 Å². The number of nitrogens with one attached hydrogen (secondary N) is 2. The van der Waals surface area contributed by atoms with E-state index in [2.05, 4.69) is 26.6 Å². The van der Waals surface area contributed by atoms with Crippen LogP contribution in [0.25, 0.3) is 0 Å². The number of benzene rings is 2. The zero-order valence-corrected chi connectivity index (χ0v) is 21.3. The molecule has 0 spiro atoms. The number of para-hydroxylation sites is 1. The van der Waals surface area contributed by atoms with Crippen LogP contribution in [-0.2, 0) is 20.6 Å². The Morgan fingerprint density at radius 3 is 2.45 bits per heavy atom. The molecule has 0 aliphatic carbocycles. The molecule has 3 rings (SSSR count). The molecule has 0 bridgehead atoms. The summed E-state index contributed by atoms with van der Waals surface area (Å²) < 4.78 is 28.0. The number of piperidine rings is 1. The number of amides is 2. The SMILES string of the molecule is CC(C)CNC(=O)c1ccccc1NC(=O)C1CCN(S(=O)(=O)Cc2cccc(Br)c2)CC1. The highest BCUT2D eigenvalue weighted by molar-refractivity contribution is 9.10. The van der Waals surface area contributed by atoms with Crippen LogP contribution in [-0.4, -0.2) is 44.2 Å². The van der Waals surface area contributed by atoms with Gasteiger partial charge in [-0.15, -0.1) is 0 Å². The van der Waals surface area contributed by atoms with E-state index in [-0.39, 0.29) is 23.5 Å². The van der Waals surface area contributed by atoms with Gasteiger partial charge in [0.1, 0.15) is 0 Å². The van der Waals surface area contributed by atoms with E-state index in [1.54, 1.807) is 36.4 Å². The third-order valence-electron chi connectivity index (χ3n) is 5.56. The molecule has 0 unspecified atom stereocenters. The van der Waals surface area contributed by atoms with Gasteiger partial charge in [0.2, 0.25) is 15.9 Å². The minimum Gasteiger partial charge on any atom is -0.352 e. The van der Waals surface area contributed by atoms with E-state index in [9.17, 15) is 18.0 Å². The molecule has 1 saturated heterocycles. The van der Waals surface area contributed by atoms with Crippen molar-refractivity contribution in [2.75, 3.05) is 25.0 Å². The molecule has 0 radical (unpaired) electrons. The fourth-order valence-corrected chi connectivity index (χ4v) is 5.74. The molecule has 9 heteroatoms. The summed E-state index contributed by atoms with van der Waals surface area (Å²) in [5, 5.41) is 5.75. The van der Waals surface area contributed by atoms with Gasteiger partial charge in [-0.25, -0.2) is 12.7 Å². The maximum absolute atomic E-state index is 12.9. The van der Waals surface area contributed by atoms with Gasteiger partial charge >= 0.3 is 0 Å². The van der Waals surface area contributed by atoms with Gasteiger partial charge < -0.3 is 10.6 Å². The predicted octanol–water partition coefficient (Wildman–Crippen LogP) is 4.02. The number of hydrogen-bond donors (Lipinski definition) is 2. The average molecular weight is 536 g/mol. The maximum Gasteiger partial charge on any atom is 0.253 e. The van der Waals surface area contributed by atoms with E-state index in [4.69, 9.17) is 0 Å². The van der Waals surface area contributed by atoms with Crippen molar-refractivity contribution in [3.63, 3.8) is 0 Å². The highest BCUT2D eigenvalue weighted by Crippen LogP contribution is 2.25. The fourth-order valence-electron chi connectivity index (χ4n) is 3.74. The molecule has 1 aliphatic rings. The predicted molar refractivity (Wildman–Crippen MR) is 133 cm³/mol. The summed E-state index contributed by atoms with van der Waals surface area (Å²) in [5.41, 5.74) is 1.60. The number of anilines is 1. The van der Waals surface area contributed by atoms with Crippen LogP contribution < -0.4 is 10.6 Å². The molecule has 2 amide bonds. The van der Waals surface area contributed by atoms with Crippen LogP contribution in [0.5, 0.6) is 0 Å². The summed E-state index contributed by atoms with van der Waals surface area (Å²) >= 11 is 3.37. The number of hydrogen-bond acceptors (Lipinski definition) is 4. The normalized spacial score (nSPS) is 15.4. The topological polar surface area (TPSA) is 95.6 Å². The van der Waals surface area contributed by atoms with E-state index < -0.39 is 10.0 Å². The highest BCUT2D eigenvalue weighted by Gasteiger charge is 2.31. The van der Waals surface area contributed by atoms with Crippen LogP contribution in [0, 0.1) is 11.8 Å². The summed E-state index contributed by atoms with van der Waals surface area (Å²) in [6, 6.07) is 14.2. The minimum absolute atomic E-state index is 0.0673. The fraction of sp³-hybridized carbons (Fsp3) is 0.417. The maximum atomic E-state index is 12.9. The number of carbonyl (C=O) groups is 2. The molecule has 2 N–H and O–H groups in total. The van der Waals surface area contributed by atoms with Gasteiger partial charge in [0.25, 0.3) is 5.91 Å². The first-order valence-corrected chi connectivity index (χ1v) is 13.5.